The van der Waals surface area contributed by atoms with Gasteiger partial charge in [-0.2, -0.15) is 0 Å². The minimum absolute atomic E-state index is 0. The lowest BCUT2D eigenvalue weighted by Gasteiger charge is -2.00. The average Bonchev–Trinajstić information content (AvgIpc) is 2.61. The molecule has 0 radical (unpaired) electrons. The first-order valence-electron chi connectivity index (χ1n) is 5.39. The lowest BCUT2D eigenvalue weighted by atomic mass is 10.2. The van der Waals surface area contributed by atoms with E-state index in [1.165, 1.54) is 11.4 Å². The number of benzene rings is 1. The first-order chi connectivity index (χ1) is 7.31. The first kappa shape index (κ1) is 12.8. The Morgan fingerprint density at radius 3 is 2.50 bits per heavy atom. The number of nitrogens with zero attached hydrogens (tertiary/aromatic N) is 2. The molecule has 1 aromatic carbocycles. The second kappa shape index (κ2) is 5.71. The van der Waals surface area contributed by atoms with E-state index in [0.717, 1.165) is 13.0 Å². The maximum atomic E-state index is 2.30. The molecular formula is C13H17ClN2. The van der Waals surface area contributed by atoms with Crippen LogP contribution in [0.25, 0.3) is 0 Å². The second-order valence-electron chi connectivity index (χ2n) is 3.79. The monoisotopic (exact) mass is 236 g/mol. The van der Waals surface area contributed by atoms with Crippen LogP contribution in [-0.2, 0) is 20.0 Å². The van der Waals surface area contributed by atoms with Crippen LogP contribution in [0.5, 0.6) is 0 Å². The average molecular weight is 237 g/mol. The van der Waals surface area contributed by atoms with Crippen molar-refractivity contribution in [2.75, 3.05) is 0 Å². The van der Waals surface area contributed by atoms with Crippen LogP contribution in [0.2, 0.25) is 0 Å². The number of imidazole rings is 1. The van der Waals surface area contributed by atoms with E-state index in [2.05, 4.69) is 65.8 Å². The highest BCUT2D eigenvalue weighted by atomic mass is 35.5. The lowest BCUT2D eigenvalue weighted by molar-refractivity contribution is -0.678. The van der Waals surface area contributed by atoms with Gasteiger partial charge in [0.15, 0.2) is 0 Å². The minimum atomic E-state index is 0. The Hall–Kier alpha value is -1.28. The predicted molar refractivity (Wildman–Crippen MR) is 60.5 cm³/mol. The zero-order valence-electron chi connectivity index (χ0n) is 9.73. The molecule has 2 aromatic rings. The molecule has 0 bridgehead atoms. The zero-order valence-corrected chi connectivity index (χ0v) is 10.5. The molecule has 0 N–H and O–H groups in total. The van der Waals surface area contributed by atoms with Crippen molar-refractivity contribution >= 4 is 0 Å². The van der Waals surface area contributed by atoms with E-state index in [-0.39, 0.29) is 12.4 Å². The highest BCUT2D eigenvalue weighted by molar-refractivity contribution is 5.15. The predicted octanol–water partition coefficient (Wildman–Crippen LogP) is -1.07. The second-order valence-corrected chi connectivity index (χ2v) is 3.79. The minimum Gasteiger partial charge on any atom is -1.00 e. The summed E-state index contributed by atoms with van der Waals surface area (Å²) in [6, 6.07) is 10.6. The summed E-state index contributed by atoms with van der Waals surface area (Å²) in [6.07, 6.45) is 5.32. The molecule has 1 heterocycles. The number of aryl methyl sites for hydroxylation is 1. The van der Waals surface area contributed by atoms with Gasteiger partial charge in [-0.25, -0.2) is 9.13 Å². The Morgan fingerprint density at radius 1 is 1.19 bits per heavy atom. The van der Waals surface area contributed by atoms with E-state index in [9.17, 15) is 0 Å². The third-order valence-electron chi connectivity index (χ3n) is 2.72. The largest absolute Gasteiger partial charge is 1.00 e. The van der Waals surface area contributed by atoms with E-state index < -0.39 is 0 Å². The maximum Gasteiger partial charge on any atom is 0.256 e. The van der Waals surface area contributed by atoms with Gasteiger partial charge >= 0.3 is 0 Å². The molecule has 0 aliphatic heterocycles. The number of halogens is 1. The molecule has 0 saturated heterocycles. The smallest absolute Gasteiger partial charge is 0.256 e. The Balaban J connectivity index is 0.00000128. The highest BCUT2D eigenvalue weighted by Crippen LogP contribution is 2.04. The van der Waals surface area contributed by atoms with Gasteiger partial charge in [-0.1, -0.05) is 37.3 Å². The topological polar surface area (TPSA) is 8.81 Å². The molecule has 0 fully saturated rings. The van der Waals surface area contributed by atoms with Crippen LogP contribution in [0.1, 0.15) is 18.3 Å². The summed E-state index contributed by atoms with van der Waals surface area (Å²) in [6.45, 7) is 3.15. The van der Waals surface area contributed by atoms with Gasteiger partial charge in [-0.15, -0.1) is 0 Å². The molecule has 0 amide bonds. The van der Waals surface area contributed by atoms with Crippen LogP contribution in [0.15, 0.2) is 42.7 Å². The Labute approximate surface area is 103 Å². The highest BCUT2D eigenvalue weighted by Gasteiger charge is 2.11. The summed E-state index contributed by atoms with van der Waals surface area (Å²) in [5.41, 5.74) is 1.35. The van der Waals surface area contributed by atoms with E-state index in [4.69, 9.17) is 0 Å². The van der Waals surface area contributed by atoms with Crippen molar-refractivity contribution < 1.29 is 17.0 Å². The molecule has 0 aliphatic rings. The SMILES string of the molecule is CCc1n(Cc2ccccc2)cc[n+]1C.[Cl-]. The van der Waals surface area contributed by atoms with Crippen molar-refractivity contribution in [1.29, 1.82) is 0 Å². The Kier molecular flexibility index (Phi) is 4.56. The molecule has 0 aliphatic carbocycles. The van der Waals surface area contributed by atoms with Gasteiger partial charge in [-0.05, 0) is 5.56 Å². The van der Waals surface area contributed by atoms with Crippen LogP contribution >= 0.6 is 0 Å². The molecule has 2 rings (SSSR count). The first-order valence-corrected chi connectivity index (χ1v) is 5.39. The van der Waals surface area contributed by atoms with Gasteiger partial charge in [0, 0.05) is 6.42 Å². The molecule has 2 nitrogen and oxygen atoms in total. The number of rotatable bonds is 3. The molecule has 0 saturated carbocycles. The molecule has 0 unspecified atom stereocenters. The summed E-state index contributed by atoms with van der Waals surface area (Å²) in [4.78, 5) is 0. The third kappa shape index (κ3) is 2.64. The molecular weight excluding hydrogens is 220 g/mol. The summed E-state index contributed by atoms with van der Waals surface area (Å²) < 4.78 is 4.48. The van der Waals surface area contributed by atoms with Crippen molar-refractivity contribution in [1.82, 2.24) is 4.57 Å². The zero-order chi connectivity index (χ0) is 10.7. The molecule has 1 aromatic heterocycles. The van der Waals surface area contributed by atoms with E-state index >= 15 is 0 Å². The van der Waals surface area contributed by atoms with Crippen molar-refractivity contribution in [3.63, 3.8) is 0 Å². The van der Waals surface area contributed by atoms with Crippen LogP contribution < -0.4 is 17.0 Å². The fourth-order valence-corrected chi connectivity index (χ4v) is 1.93. The molecule has 16 heavy (non-hydrogen) atoms. The fraction of sp³-hybridized carbons (Fsp3) is 0.308. The van der Waals surface area contributed by atoms with E-state index in [0.29, 0.717) is 0 Å². The van der Waals surface area contributed by atoms with E-state index in [1.807, 2.05) is 0 Å². The van der Waals surface area contributed by atoms with Crippen LogP contribution in [0.4, 0.5) is 0 Å². The van der Waals surface area contributed by atoms with Gasteiger partial charge in [0.25, 0.3) is 5.82 Å². The van der Waals surface area contributed by atoms with Crippen LogP contribution in [0, 0.1) is 0 Å². The van der Waals surface area contributed by atoms with Crippen molar-refractivity contribution in [2.24, 2.45) is 7.05 Å². The molecule has 86 valence electrons. The van der Waals surface area contributed by atoms with Gasteiger partial charge in [0.2, 0.25) is 0 Å². The standard InChI is InChI=1S/C13H17N2.ClH/c1-3-13-14(2)9-10-15(13)11-12-7-5-4-6-8-12;/h4-10H,3,11H2,1-2H3;1H/q+1;/p-1. The molecule has 0 atom stereocenters. The summed E-state index contributed by atoms with van der Waals surface area (Å²) in [5, 5.41) is 0. The van der Waals surface area contributed by atoms with Gasteiger partial charge in [-0.3, -0.25) is 0 Å². The van der Waals surface area contributed by atoms with Gasteiger partial charge in [0.05, 0.1) is 7.05 Å². The fourth-order valence-electron chi connectivity index (χ4n) is 1.93. The lowest BCUT2D eigenvalue weighted by Crippen LogP contribution is -3.00. The van der Waals surface area contributed by atoms with Crippen LogP contribution in [0.3, 0.4) is 0 Å². The quantitative estimate of drug-likeness (QED) is 0.600. The summed E-state index contributed by atoms with van der Waals surface area (Å²) in [7, 11) is 2.10. The van der Waals surface area contributed by atoms with Crippen LogP contribution in [-0.4, -0.2) is 4.57 Å². The Bertz CT molecular complexity index is 434. The van der Waals surface area contributed by atoms with Crippen molar-refractivity contribution in [2.45, 2.75) is 19.9 Å². The van der Waals surface area contributed by atoms with E-state index in [1.54, 1.807) is 0 Å². The third-order valence-corrected chi connectivity index (χ3v) is 2.72. The summed E-state index contributed by atoms with van der Waals surface area (Å²) in [5.74, 6) is 1.36. The normalized spacial score (nSPS) is 9.88. The molecule has 3 heteroatoms. The molecule has 0 spiro atoms. The number of aromatic nitrogens is 2. The van der Waals surface area contributed by atoms with Gasteiger partial charge < -0.3 is 12.4 Å². The maximum absolute atomic E-state index is 2.30. The number of hydrogen-bond acceptors (Lipinski definition) is 0. The summed E-state index contributed by atoms with van der Waals surface area (Å²) >= 11 is 0. The Morgan fingerprint density at radius 2 is 1.88 bits per heavy atom. The van der Waals surface area contributed by atoms with Gasteiger partial charge in [0.1, 0.15) is 18.9 Å². The number of hydrogen-bond donors (Lipinski definition) is 0. The van der Waals surface area contributed by atoms with Crippen molar-refractivity contribution in [3.8, 4) is 0 Å². The van der Waals surface area contributed by atoms with Crippen molar-refractivity contribution in [3.05, 3.63) is 54.1 Å².